The number of pyridine rings is 1. The van der Waals surface area contributed by atoms with Gasteiger partial charge in [-0.05, 0) is 36.8 Å². The van der Waals surface area contributed by atoms with Crippen molar-refractivity contribution in [3.05, 3.63) is 46.2 Å². The number of nitriles is 1. The molecule has 0 fully saturated rings. The maximum atomic E-state index is 13.9. The summed E-state index contributed by atoms with van der Waals surface area (Å²) in [6.45, 7) is 2.74. The highest BCUT2D eigenvalue weighted by Gasteiger charge is 2.10. The smallest absolute Gasteiger partial charge is 0.144 e. The third-order valence-corrected chi connectivity index (χ3v) is 3.26. The fraction of sp³-hybridized carbons (Fsp3) is 0.200. The number of rotatable bonds is 4. The van der Waals surface area contributed by atoms with E-state index in [1.165, 1.54) is 6.07 Å². The van der Waals surface area contributed by atoms with Gasteiger partial charge in [-0.2, -0.15) is 5.26 Å². The fourth-order valence-corrected chi connectivity index (χ4v) is 2.13. The predicted molar refractivity (Wildman–Crippen MR) is 80.8 cm³/mol. The highest BCUT2D eigenvalue weighted by Crippen LogP contribution is 2.27. The molecule has 1 N–H and O–H groups in total. The topological polar surface area (TPSA) is 48.7 Å². The van der Waals surface area contributed by atoms with E-state index in [0.717, 1.165) is 10.9 Å². The van der Waals surface area contributed by atoms with Crippen LogP contribution in [0.15, 0.2) is 34.8 Å². The SMILES string of the molecule is CCCNc1nc(-c2cc(Br)ccc2F)ccc1C#N. The monoisotopic (exact) mass is 333 g/mol. The minimum atomic E-state index is -0.341. The average Bonchev–Trinajstić information content (AvgIpc) is 2.47. The molecule has 102 valence electrons. The average molecular weight is 334 g/mol. The number of nitrogens with one attached hydrogen (secondary N) is 1. The Morgan fingerprint density at radius 1 is 1.35 bits per heavy atom. The maximum absolute atomic E-state index is 13.9. The van der Waals surface area contributed by atoms with E-state index in [1.807, 2.05) is 6.92 Å². The summed E-state index contributed by atoms with van der Waals surface area (Å²) in [5.41, 5.74) is 1.36. The molecule has 2 rings (SSSR count). The summed E-state index contributed by atoms with van der Waals surface area (Å²) in [6.07, 6.45) is 0.919. The Morgan fingerprint density at radius 2 is 2.15 bits per heavy atom. The van der Waals surface area contributed by atoms with Crippen LogP contribution in [0.4, 0.5) is 10.2 Å². The molecule has 1 aromatic carbocycles. The Bertz CT molecular complexity index is 665. The van der Waals surface area contributed by atoms with Crippen molar-refractivity contribution in [1.29, 1.82) is 5.26 Å². The molecule has 0 radical (unpaired) electrons. The van der Waals surface area contributed by atoms with Crippen LogP contribution in [0.2, 0.25) is 0 Å². The van der Waals surface area contributed by atoms with Crippen LogP contribution >= 0.6 is 15.9 Å². The lowest BCUT2D eigenvalue weighted by atomic mass is 10.1. The van der Waals surface area contributed by atoms with Gasteiger partial charge in [-0.15, -0.1) is 0 Å². The van der Waals surface area contributed by atoms with Crippen molar-refractivity contribution in [1.82, 2.24) is 4.98 Å². The maximum Gasteiger partial charge on any atom is 0.144 e. The molecule has 0 saturated heterocycles. The molecule has 1 aromatic heterocycles. The molecular formula is C15H13BrFN3. The molecule has 3 nitrogen and oxygen atoms in total. The van der Waals surface area contributed by atoms with Gasteiger partial charge in [0.2, 0.25) is 0 Å². The van der Waals surface area contributed by atoms with E-state index >= 15 is 0 Å². The number of halogens is 2. The lowest BCUT2D eigenvalue weighted by Gasteiger charge is -2.09. The second-order valence-electron chi connectivity index (χ2n) is 4.26. The van der Waals surface area contributed by atoms with Gasteiger partial charge in [0.05, 0.1) is 11.3 Å². The summed E-state index contributed by atoms with van der Waals surface area (Å²) < 4.78 is 14.7. The Kier molecular flexibility index (Phi) is 4.70. The lowest BCUT2D eigenvalue weighted by Crippen LogP contribution is -2.05. The first-order chi connectivity index (χ1) is 9.65. The van der Waals surface area contributed by atoms with Crippen LogP contribution in [0.25, 0.3) is 11.3 Å². The zero-order valence-electron chi connectivity index (χ0n) is 11.0. The summed E-state index contributed by atoms with van der Waals surface area (Å²) in [7, 11) is 0. The zero-order chi connectivity index (χ0) is 14.5. The first-order valence-corrected chi connectivity index (χ1v) is 7.05. The van der Waals surface area contributed by atoms with E-state index in [0.29, 0.717) is 29.2 Å². The van der Waals surface area contributed by atoms with Crippen LogP contribution in [-0.4, -0.2) is 11.5 Å². The van der Waals surface area contributed by atoms with Crippen LogP contribution in [0.3, 0.4) is 0 Å². The van der Waals surface area contributed by atoms with Crippen LogP contribution in [0.5, 0.6) is 0 Å². The quantitative estimate of drug-likeness (QED) is 0.905. The Labute approximate surface area is 125 Å². The van der Waals surface area contributed by atoms with Crippen molar-refractivity contribution in [3.8, 4) is 17.3 Å². The van der Waals surface area contributed by atoms with Gasteiger partial charge in [0, 0.05) is 16.6 Å². The molecule has 20 heavy (non-hydrogen) atoms. The number of benzene rings is 1. The van der Waals surface area contributed by atoms with Gasteiger partial charge >= 0.3 is 0 Å². The van der Waals surface area contributed by atoms with Crippen molar-refractivity contribution in [2.24, 2.45) is 0 Å². The van der Waals surface area contributed by atoms with Crippen LogP contribution < -0.4 is 5.32 Å². The number of aromatic nitrogens is 1. The Morgan fingerprint density at radius 3 is 2.85 bits per heavy atom. The largest absolute Gasteiger partial charge is 0.369 e. The molecule has 2 aromatic rings. The van der Waals surface area contributed by atoms with Crippen molar-refractivity contribution in [3.63, 3.8) is 0 Å². The van der Waals surface area contributed by atoms with E-state index in [-0.39, 0.29) is 5.82 Å². The fourth-order valence-electron chi connectivity index (χ4n) is 1.77. The molecule has 0 bridgehead atoms. The molecule has 0 spiro atoms. The number of hydrogen-bond acceptors (Lipinski definition) is 3. The van der Waals surface area contributed by atoms with E-state index in [1.54, 1.807) is 24.3 Å². The molecule has 0 saturated carbocycles. The first kappa shape index (κ1) is 14.5. The third-order valence-electron chi connectivity index (χ3n) is 2.76. The van der Waals surface area contributed by atoms with Gasteiger partial charge in [0.1, 0.15) is 17.7 Å². The second kappa shape index (κ2) is 6.49. The zero-order valence-corrected chi connectivity index (χ0v) is 12.5. The molecular weight excluding hydrogens is 321 g/mol. The van der Waals surface area contributed by atoms with Gasteiger partial charge < -0.3 is 5.32 Å². The van der Waals surface area contributed by atoms with Gasteiger partial charge in [0.15, 0.2) is 0 Å². The molecule has 0 aliphatic rings. The second-order valence-corrected chi connectivity index (χ2v) is 5.17. The van der Waals surface area contributed by atoms with Crippen molar-refractivity contribution < 1.29 is 4.39 Å². The summed E-state index contributed by atoms with van der Waals surface area (Å²) in [5, 5.41) is 12.2. The molecule has 0 aliphatic carbocycles. The normalized spacial score (nSPS) is 10.1. The highest BCUT2D eigenvalue weighted by molar-refractivity contribution is 9.10. The summed E-state index contributed by atoms with van der Waals surface area (Å²) in [4.78, 5) is 4.36. The van der Waals surface area contributed by atoms with Crippen LogP contribution in [0, 0.1) is 17.1 Å². The van der Waals surface area contributed by atoms with Crippen LogP contribution in [0.1, 0.15) is 18.9 Å². The molecule has 0 aliphatic heterocycles. The van der Waals surface area contributed by atoms with E-state index in [9.17, 15) is 4.39 Å². The van der Waals surface area contributed by atoms with Gasteiger partial charge in [-0.25, -0.2) is 9.37 Å². The highest BCUT2D eigenvalue weighted by atomic mass is 79.9. The van der Waals surface area contributed by atoms with Gasteiger partial charge in [0.25, 0.3) is 0 Å². The number of hydrogen-bond donors (Lipinski definition) is 1. The molecule has 1 heterocycles. The lowest BCUT2D eigenvalue weighted by molar-refractivity contribution is 0.630. The standard InChI is InChI=1S/C15H13BrFN3/c1-2-7-19-15-10(9-18)3-6-14(20-15)12-8-11(16)4-5-13(12)17/h3-6,8H,2,7H2,1H3,(H,19,20). The van der Waals surface area contributed by atoms with Crippen molar-refractivity contribution >= 4 is 21.7 Å². The third kappa shape index (κ3) is 3.14. The van der Waals surface area contributed by atoms with E-state index < -0.39 is 0 Å². The van der Waals surface area contributed by atoms with Gasteiger partial charge in [-0.1, -0.05) is 22.9 Å². The Hall–Kier alpha value is -1.93. The number of anilines is 1. The van der Waals surface area contributed by atoms with Crippen molar-refractivity contribution in [2.45, 2.75) is 13.3 Å². The molecule has 0 atom stereocenters. The molecule has 0 unspecified atom stereocenters. The Balaban J connectivity index is 2.47. The number of nitrogens with zero attached hydrogens (tertiary/aromatic N) is 2. The molecule has 5 heteroatoms. The summed E-state index contributed by atoms with van der Waals surface area (Å²) >= 11 is 3.32. The first-order valence-electron chi connectivity index (χ1n) is 6.26. The minimum absolute atomic E-state index is 0.341. The van der Waals surface area contributed by atoms with Crippen molar-refractivity contribution in [2.75, 3.05) is 11.9 Å². The minimum Gasteiger partial charge on any atom is -0.369 e. The molecule has 0 amide bonds. The summed E-state index contributed by atoms with van der Waals surface area (Å²) in [5.74, 6) is 0.151. The van der Waals surface area contributed by atoms with E-state index in [4.69, 9.17) is 5.26 Å². The van der Waals surface area contributed by atoms with Crippen LogP contribution in [-0.2, 0) is 0 Å². The predicted octanol–water partition coefficient (Wildman–Crippen LogP) is 4.34. The van der Waals surface area contributed by atoms with E-state index in [2.05, 4.69) is 32.3 Å². The van der Waals surface area contributed by atoms with Gasteiger partial charge in [-0.3, -0.25) is 0 Å². The summed E-state index contributed by atoms with van der Waals surface area (Å²) in [6, 6.07) is 10.1.